The van der Waals surface area contributed by atoms with Crippen molar-refractivity contribution in [3.05, 3.63) is 53.9 Å². The average Bonchev–Trinajstić information content (AvgIpc) is 3.23. The van der Waals surface area contributed by atoms with Gasteiger partial charge in [0.25, 0.3) is 5.91 Å². The second-order valence-electron chi connectivity index (χ2n) is 8.76. The highest BCUT2D eigenvalue weighted by atomic mass is 16.2. The molecule has 2 heterocycles. The van der Waals surface area contributed by atoms with Gasteiger partial charge in [-0.15, -0.1) is 0 Å². The van der Waals surface area contributed by atoms with Crippen LogP contribution >= 0.6 is 0 Å². The van der Waals surface area contributed by atoms with Crippen molar-refractivity contribution in [3.8, 4) is 0 Å². The van der Waals surface area contributed by atoms with Gasteiger partial charge in [-0.1, -0.05) is 43.5 Å². The van der Waals surface area contributed by atoms with Crippen molar-refractivity contribution in [3.63, 3.8) is 0 Å². The molecule has 7 heteroatoms. The number of benzene rings is 1. The molecule has 2 saturated carbocycles. The molecule has 2 fully saturated rings. The summed E-state index contributed by atoms with van der Waals surface area (Å²) < 4.78 is 0. The van der Waals surface area contributed by atoms with Crippen LogP contribution in [0.2, 0.25) is 0 Å². The lowest BCUT2D eigenvalue weighted by atomic mass is 9.78. The number of amides is 2. The van der Waals surface area contributed by atoms with Gasteiger partial charge in [0.15, 0.2) is 5.82 Å². The van der Waals surface area contributed by atoms with Crippen LogP contribution in [0.3, 0.4) is 0 Å². The molecule has 160 valence electrons. The lowest BCUT2D eigenvalue weighted by Gasteiger charge is -2.34. The number of H-pyrrole nitrogens is 1. The minimum atomic E-state index is -0.140. The van der Waals surface area contributed by atoms with Gasteiger partial charge in [0.2, 0.25) is 5.91 Å². The molecule has 0 aliphatic heterocycles. The van der Waals surface area contributed by atoms with Gasteiger partial charge in [-0.05, 0) is 37.8 Å². The smallest absolute Gasteiger partial charge is 0.270 e. The quantitative estimate of drug-likeness (QED) is 0.580. The molecule has 2 aliphatic rings. The van der Waals surface area contributed by atoms with E-state index in [1.54, 1.807) is 6.07 Å². The normalized spacial score (nSPS) is 21.4. The summed E-state index contributed by atoms with van der Waals surface area (Å²) in [5.74, 6) is 0.959. The minimum Gasteiger partial charge on any atom is -0.348 e. The Balaban J connectivity index is 1.13. The predicted octanol–water partition coefficient (Wildman–Crippen LogP) is 4.15. The fraction of sp³-hybridized carbons (Fsp3) is 0.417. The van der Waals surface area contributed by atoms with Crippen molar-refractivity contribution in [1.29, 1.82) is 0 Å². The van der Waals surface area contributed by atoms with Crippen LogP contribution in [0.5, 0.6) is 0 Å². The van der Waals surface area contributed by atoms with Crippen LogP contribution in [-0.4, -0.2) is 33.0 Å². The van der Waals surface area contributed by atoms with E-state index in [-0.39, 0.29) is 23.8 Å². The maximum absolute atomic E-state index is 12.6. The fourth-order valence-corrected chi connectivity index (χ4v) is 4.64. The van der Waals surface area contributed by atoms with E-state index in [1.165, 1.54) is 6.42 Å². The van der Waals surface area contributed by atoms with Gasteiger partial charge >= 0.3 is 0 Å². The number of carbonyl (C=O) groups excluding carboxylic acids is 2. The molecule has 2 aromatic heterocycles. The van der Waals surface area contributed by atoms with Crippen molar-refractivity contribution < 1.29 is 9.59 Å². The van der Waals surface area contributed by atoms with Crippen molar-refractivity contribution in [2.45, 2.75) is 56.9 Å². The highest BCUT2D eigenvalue weighted by Gasteiger charge is 2.33. The molecule has 2 amide bonds. The molecule has 0 atom stereocenters. The minimum absolute atomic E-state index is 0.0828. The highest BCUT2D eigenvalue weighted by Crippen LogP contribution is 2.37. The summed E-state index contributed by atoms with van der Waals surface area (Å²) in [5, 5.41) is 14.4. The van der Waals surface area contributed by atoms with Crippen LogP contribution in [-0.2, 0) is 4.79 Å². The van der Waals surface area contributed by atoms with E-state index >= 15 is 0 Å². The summed E-state index contributed by atoms with van der Waals surface area (Å²) in [4.78, 5) is 29.4. The van der Waals surface area contributed by atoms with E-state index in [0.29, 0.717) is 17.4 Å². The first-order valence-corrected chi connectivity index (χ1v) is 11.2. The molecule has 31 heavy (non-hydrogen) atoms. The highest BCUT2D eigenvalue weighted by molar-refractivity contribution is 5.95. The Kier molecular flexibility index (Phi) is 5.40. The maximum Gasteiger partial charge on any atom is 0.270 e. The number of nitrogens with one attached hydrogen (secondary N) is 3. The standard InChI is InChI=1S/C24H27N5O2/c30-23(16-7-2-1-3-8-16)27-22-14-21(28-29-22)17-12-18(13-17)25-24(31)20-11-10-15-6-4-5-9-19(15)26-20/h4-6,9-11,14,16-18H,1-3,7-8,12-13H2,(H,25,31)(H2,27,28,29,30). The first kappa shape index (κ1) is 19.7. The summed E-state index contributed by atoms with van der Waals surface area (Å²) in [6.45, 7) is 0. The van der Waals surface area contributed by atoms with Crippen LogP contribution in [0.15, 0.2) is 42.5 Å². The number of aromatic amines is 1. The van der Waals surface area contributed by atoms with Crippen LogP contribution in [0.1, 0.15) is 67.0 Å². The van der Waals surface area contributed by atoms with Crippen molar-refractivity contribution in [1.82, 2.24) is 20.5 Å². The third kappa shape index (κ3) is 4.31. The number of rotatable bonds is 5. The van der Waals surface area contributed by atoms with E-state index < -0.39 is 0 Å². The van der Waals surface area contributed by atoms with Gasteiger partial charge in [0.05, 0.1) is 5.52 Å². The number of carbonyl (C=O) groups is 2. The largest absolute Gasteiger partial charge is 0.348 e. The summed E-state index contributed by atoms with van der Waals surface area (Å²) in [6, 6.07) is 13.5. The summed E-state index contributed by atoms with van der Waals surface area (Å²) in [7, 11) is 0. The zero-order valence-corrected chi connectivity index (χ0v) is 17.4. The Morgan fingerprint density at radius 2 is 1.81 bits per heavy atom. The first-order valence-electron chi connectivity index (χ1n) is 11.2. The predicted molar refractivity (Wildman–Crippen MR) is 119 cm³/mol. The van der Waals surface area contributed by atoms with Crippen LogP contribution < -0.4 is 10.6 Å². The molecular formula is C24H27N5O2. The molecule has 0 radical (unpaired) electrons. The van der Waals surface area contributed by atoms with Crippen molar-refractivity contribution in [2.24, 2.45) is 5.92 Å². The third-order valence-electron chi connectivity index (χ3n) is 6.57. The fourth-order valence-electron chi connectivity index (χ4n) is 4.64. The summed E-state index contributed by atoms with van der Waals surface area (Å²) in [5.41, 5.74) is 2.27. The third-order valence-corrected chi connectivity index (χ3v) is 6.57. The summed E-state index contributed by atoms with van der Waals surface area (Å²) in [6.07, 6.45) is 7.13. The maximum atomic E-state index is 12.6. The lowest BCUT2D eigenvalue weighted by Crippen LogP contribution is -2.43. The van der Waals surface area contributed by atoms with E-state index in [1.807, 2.05) is 36.4 Å². The molecule has 3 aromatic rings. The van der Waals surface area contributed by atoms with Crippen LogP contribution in [0.4, 0.5) is 5.82 Å². The molecule has 5 rings (SSSR count). The Labute approximate surface area is 181 Å². The van der Waals surface area contributed by atoms with E-state index in [4.69, 9.17) is 0 Å². The molecule has 0 bridgehead atoms. The van der Waals surface area contributed by atoms with Gasteiger partial charge in [0.1, 0.15) is 5.69 Å². The second kappa shape index (κ2) is 8.49. The van der Waals surface area contributed by atoms with Gasteiger partial charge in [-0.25, -0.2) is 4.98 Å². The van der Waals surface area contributed by atoms with Crippen LogP contribution in [0.25, 0.3) is 10.9 Å². The van der Waals surface area contributed by atoms with Gasteiger partial charge in [0, 0.05) is 35.0 Å². The monoisotopic (exact) mass is 417 g/mol. The molecule has 0 saturated heterocycles. The molecular weight excluding hydrogens is 390 g/mol. The van der Waals surface area contributed by atoms with Crippen LogP contribution in [0, 0.1) is 5.92 Å². The molecule has 3 N–H and O–H groups in total. The average molecular weight is 418 g/mol. The van der Waals surface area contributed by atoms with Crippen molar-refractivity contribution in [2.75, 3.05) is 5.32 Å². The zero-order valence-electron chi connectivity index (χ0n) is 17.4. The number of hydrogen-bond acceptors (Lipinski definition) is 4. The SMILES string of the molecule is O=C(NC1CC(c2cc(NC(=O)C3CCCCC3)n[nH]2)C1)c1ccc2ccccc2n1. The van der Waals surface area contributed by atoms with E-state index in [9.17, 15) is 9.59 Å². The molecule has 7 nitrogen and oxygen atoms in total. The molecule has 0 unspecified atom stereocenters. The molecule has 0 spiro atoms. The van der Waals surface area contributed by atoms with E-state index in [2.05, 4.69) is 25.8 Å². The topological polar surface area (TPSA) is 99.8 Å². The first-order chi connectivity index (χ1) is 15.2. The number of anilines is 1. The summed E-state index contributed by atoms with van der Waals surface area (Å²) >= 11 is 0. The number of para-hydroxylation sites is 1. The zero-order chi connectivity index (χ0) is 21.2. The van der Waals surface area contributed by atoms with E-state index in [0.717, 1.165) is 55.1 Å². The van der Waals surface area contributed by atoms with Gasteiger partial charge in [-0.3, -0.25) is 14.7 Å². The lowest BCUT2D eigenvalue weighted by molar-refractivity contribution is -0.120. The van der Waals surface area contributed by atoms with Gasteiger partial charge < -0.3 is 10.6 Å². The number of aromatic nitrogens is 3. The number of hydrogen-bond donors (Lipinski definition) is 3. The Morgan fingerprint density at radius 1 is 1.00 bits per heavy atom. The van der Waals surface area contributed by atoms with Crippen molar-refractivity contribution >= 4 is 28.5 Å². The van der Waals surface area contributed by atoms with Gasteiger partial charge in [-0.2, -0.15) is 5.10 Å². The Hall–Kier alpha value is -3.22. The Morgan fingerprint density at radius 3 is 2.65 bits per heavy atom. The number of pyridine rings is 1. The second-order valence-corrected chi connectivity index (χ2v) is 8.76. The molecule has 1 aromatic carbocycles. The number of nitrogens with zero attached hydrogens (tertiary/aromatic N) is 2. The molecule has 2 aliphatic carbocycles. The number of fused-ring (bicyclic) bond motifs is 1. The Bertz CT molecular complexity index is 1100.